The number of nitrogens with one attached hydrogen (secondary N) is 1. The molecule has 0 aliphatic heterocycles. The molecule has 0 fully saturated rings. The van der Waals surface area contributed by atoms with E-state index in [0.29, 0.717) is 16.6 Å². The quantitative estimate of drug-likeness (QED) is 0.606. The third-order valence-corrected chi connectivity index (χ3v) is 5.17. The van der Waals surface area contributed by atoms with E-state index in [1.54, 1.807) is 4.57 Å². The van der Waals surface area contributed by atoms with Gasteiger partial charge in [0.05, 0.1) is 22.6 Å². The van der Waals surface area contributed by atoms with E-state index in [2.05, 4.69) is 5.10 Å². The van der Waals surface area contributed by atoms with Crippen LogP contribution in [0.1, 0.15) is 29.8 Å². The van der Waals surface area contributed by atoms with E-state index in [4.69, 9.17) is 0 Å². The molecule has 4 aromatic rings. The summed E-state index contributed by atoms with van der Waals surface area (Å²) in [5.74, 6) is 0. The lowest BCUT2D eigenvalue weighted by Crippen LogP contribution is -2.26. The molecule has 5 heteroatoms. The minimum atomic E-state index is -0.163. The monoisotopic (exact) mass is 359 g/mol. The summed E-state index contributed by atoms with van der Waals surface area (Å²) in [5.41, 5.74) is 3.74. The minimum Gasteiger partial charge on any atom is -0.305 e. The van der Waals surface area contributed by atoms with Crippen LogP contribution >= 0.6 is 0 Å². The number of benzene rings is 2. The molecule has 0 spiro atoms. The van der Waals surface area contributed by atoms with Crippen molar-refractivity contribution in [2.75, 3.05) is 0 Å². The zero-order chi connectivity index (χ0) is 19.1. The number of nitrogens with zero attached hydrogens (tertiary/aromatic N) is 2. The highest BCUT2D eigenvalue weighted by Gasteiger charge is 2.19. The lowest BCUT2D eigenvalue weighted by Gasteiger charge is -2.18. The Morgan fingerprint density at radius 2 is 1.59 bits per heavy atom. The molecule has 0 aliphatic carbocycles. The third-order valence-electron chi connectivity index (χ3n) is 5.17. The molecule has 0 saturated heterocycles. The van der Waals surface area contributed by atoms with Crippen LogP contribution in [0.25, 0.3) is 16.6 Å². The van der Waals surface area contributed by atoms with Crippen molar-refractivity contribution in [1.82, 2.24) is 14.3 Å². The van der Waals surface area contributed by atoms with Crippen LogP contribution in [0.15, 0.2) is 70.3 Å². The van der Waals surface area contributed by atoms with Gasteiger partial charge in [-0.3, -0.25) is 14.7 Å². The van der Waals surface area contributed by atoms with Gasteiger partial charge in [-0.2, -0.15) is 0 Å². The molecule has 0 aliphatic rings. The van der Waals surface area contributed by atoms with Gasteiger partial charge in [0.15, 0.2) is 0 Å². The van der Waals surface area contributed by atoms with Crippen molar-refractivity contribution in [2.24, 2.45) is 0 Å². The third kappa shape index (κ3) is 2.72. The Balaban J connectivity index is 1.98. The van der Waals surface area contributed by atoms with Crippen LogP contribution in [0.4, 0.5) is 0 Å². The molecule has 2 aromatic carbocycles. The number of hydrogen-bond acceptors (Lipinski definition) is 2. The van der Waals surface area contributed by atoms with Gasteiger partial charge in [-0.1, -0.05) is 48.5 Å². The van der Waals surface area contributed by atoms with E-state index >= 15 is 0 Å². The van der Waals surface area contributed by atoms with Crippen molar-refractivity contribution < 1.29 is 0 Å². The predicted octanol–water partition coefficient (Wildman–Crippen LogP) is 3.71. The van der Waals surface area contributed by atoms with Crippen molar-refractivity contribution in [3.8, 4) is 5.69 Å². The fourth-order valence-corrected chi connectivity index (χ4v) is 3.73. The normalized spacial score (nSPS) is 12.4. The maximum absolute atomic E-state index is 13.1. The highest BCUT2D eigenvalue weighted by atomic mass is 16.1. The number of rotatable bonds is 3. The summed E-state index contributed by atoms with van der Waals surface area (Å²) in [6.45, 7) is 5.76. The van der Waals surface area contributed by atoms with Gasteiger partial charge in [0, 0.05) is 11.8 Å². The van der Waals surface area contributed by atoms with E-state index in [-0.39, 0.29) is 17.2 Å². The number of H-pyrrole nitrogens is 1. The van der Waals surface area contributed by atoms with Crippen LogP contribution in [0.5, 0.6) is 0 Å². The van der Waals surface area contributed by atoms with Gasteiger partial charge < -0.3 is 4.57 Å². The second kappa shape index (κ2) is 6.43. The summed E-state index contributed by atoms with van der Waals surface area (Å²) in [5, 5.41) is 3.64. The fraction of sp³-hybridized carbons (Fsp3) is 0.182. The highest BCUT2D eigenvalue weighted by molar-refractivity contribution is 5.80. The molecule has 1 unspecified atom stereocenters. The molecule has 1 N–H and O–H groups in total. The zero-order valence-electron chi connectivity index (χ0n) is 15.6. The molecule has 2 heterocycles. The number of para-hydroxylation sites is 1. The van der Waals surface area contributed by atoms with Crippen molar-refractivity contribution in [1.29, 1.82) is 0 Å². The lowest BCUT2D eigenvalue weighted by atomic mass is 10.1. The molecule has 0 bridgehead atoms. The number of aromatic amines is 1. The second-order valence-corrected chi connectivity index (χ2v) is 6.85. The number of pyridine rings is 1. The van der Waals surface area contributed by atoms with Gasteiger partial charge in [-0.25, -0.2) is 4.68 Å². The molecular formula is C22H21N3O2. The Hall–Kier alpha value is -3.34. The molecule has 136 valence electrons. The summed E-state index contributed by atoms with van der Waals surface area (Å²) in [4.78, 5) is 26.0. The van der Waals surface area contributed by atoms with Gasteiger partial charge in [0.1, 0.15) is 0 Å². The number of hydrogen-bond donors (Lipinski definition) is 1. The Bertz CT molecular complexity index is 1250. The Labute approximate surface area is 156 Å². The first-order chi connectivity index (χ1) is 13.0. The maximum atomic E-state index is 13.1. The van der Waals surface area contributed by atoms with Crippen LogP contribution in [0, 0.1) is 13.8 Å². The van der Waals surface area contributed by atoms with Gasteiger partial charge in [-0.05, 0) is 38.0 Å². The van der Waals surface area contributed by atoms with Crippen molar-refractivity contribution in [3.63, 3.8) is 0 Å². The topological polar surface area (TPSA) is 59.8 Å². The lowest BCUT2D eigenvalue weighted by molar-refractivity contribution is 0.602. The molecule has 4 rings (SSSR count). The first-order valence-electron chi connectivity index (χ1n) is 8.97. The molecule has 27 heavy (non-hydrogen) atoms. The summed E-state index contributed by atoms with van der Waals surface area (Å²) in [6.07, 6.45) is 0. The molecule has 0 amide bonds. The van der Waals surface area contributed by atoms with Crippen LogP contribution < -0.4 is 11.1 Å². The Morgan fingerprint density at radius 3 is 2.30 bits per heavy atom. The molecule has 0 saturated carbocycles. The molecule has 5 nitrogen and oxygen atoms in total. The van der Waals surface area contributed by atoms with Gasteiger partial charge in [0.2, 0.25) is 0 Å². The SMILES string of the molecule is Cc1ccccc1-n1[nH]c2cc(=O)n(C(C)c3ccccc3)c(C)c2c1=O. The largest absolute Gasteiger partial charge is 0.305 e. The summed E-state index contributed by atoms with van der Waals surface area (Å²) < 4.78 is 3.21. The number of aryl methyl sites for hydroxylation is 2. The molecule has 0 radical (unpaired) electrons. The zero-order valence-corrected chi connectivity index (χ0v) is 15.6. The van der Waals surface area contributed by atoms with Crippen molar-refractivity contribution in [3.05, 3.63) is 98.2 Å². The molecule has 1 atom stereocenters. The van der Waals surface area contributed by atoms with E-state index < -0.39 is 0 Å². The van der Waals surface area contributed by atoms with Crippen LogP contribution in [-0.4, -0.2) is 14.3 Å². The van der Waals surface area contributed by atoms with E-state index in [9.17, 15) is 9.59 Å². The molecule has 2 aromatic heterocycles. The summed E-state index contributed by atoms with van der Waals surface area (Å²) in [6, 6.07) is 18.8. The fourth-order valence-electron chi connectivity index (χ4n) is 3.73. The average Bonchev–Trinajstić information content (AvgIpc) is 2.99. The first-order valence-corrected chi connectivity index (χ1v) is 8.97. The smallest absolute Gasteiger partial charge is 0.280 e. The van der Waals surface area contributed by atoms with E-state index in [1.165, 1.54) is 10.7 Å². The van der Waals surface area contributed by atoms with Gasteiger partial charge in [-0.15, -0.1) is 0 Å². The van der Waals surface area contributed by atoms with E-state index in [1.807, 2.05) is 75.4 Å². The predicted molar refractivity (Wildman–Crippen MR) is 108 cm³/mol. The van der Waals surface area contributed by atoms with Gasteiger partial charge in [0.25, 0.3) is 11.1 Å². The van der Waals surface area contributed by atoms with E-state index in [0.717, 1.165) is 16.8 Å². The maximum Gasteiger partial charge on any atom is 0.280 e. The average molecular weight is 359 g/mol. The standard InChI is InChI=1S/C22H21N3O2/c1-14-9-7-8-12-19(14)25-22(27)21-16(3)24(20(26)13-18(21)23-25)15(2)17-10-5-4-6-11-17/h4-13,15,23H,1-3H3. The Kier molecular flexibility index (Phi) is 4.07. The van der Waals surface area contributed by atoms with Crippen LogP contribution in [0.2, 0.25) is 0 Å². The summed E-state index contributed by atoms with van der Waals surface area (Å²) >= 11 is 0. The number of aromatic nitrogens is 3. The highest BCUT2D eigenvalue weighted by Crippen LogP contribution is 2.21. The van der Waals surface area contributed by atoms with Crippen LogP contribution in [-0.2, 0) is 0 Å². The second-order valence-electron chi connectivity index (χ2n) is 6.85. The van der Waals surface area contributed by atoms with Crippen molar-refractivity contribution >= 4 is 10.9 Å². The minimum absolute atomic E-state index is 0.130. The molecular weight excluding hydrogens is 338 g/mol. The van der Waals surface area contributed by atoms with Crippen molar-refractivity contribution in [2.45, 2.75) is 26.8 Å². The van der Waals surface area contributed by atoms with Crippen LogP contribution in [0.3, 0.4) is 0 Å². The number of fused-ring (bicyclic) bond motifs is 1. The Morgan fingerprint density at radius 1 is 0.926 bits per heavy atom. The van der Waals surface area contributed by atoms with Gasteiger partial charge >= 0.3 is 0 Å². The summed E-state index contributed by atoms with van der Waals surface area (Å²) in [7, 11) is 0. The first kappa shape index (κ1) is 17.1.